The molecule has 4 nitrogen and oxygen atoms in total. The van der Waals surface area contributed by atoms with Crippen molar-refractivity contribution < 1.29 is 27.4 Å². The first-order valence-corrected chi connectivity index (χ1v) is 5.60. The zero-order valence-electron chi connectivity index (χ0n) is 11.1. The first-order chi connectivity index (χ1) is 8.14. The number of ether oxygens (including phenoxy) is 2. The zero-order chi connectivity index (χ0) is 14.4. The van der Waals surface area contributed by atoms with E-state index in [0.717, 1.165) is 0 Å². The van der Waals surface area contributed by atoms with Gasteiger partial charge in [-0.15, -0.1) is 0 Å². The van der Waals surface area contributed by atoms with Crippen molar-refractivity contribution >= 4 is 5.97 Å². The lowest BCUT2D eigenvalue weighted by molar-refractivity contribution is -0.154. The number of hydrogen-bond acceptors (Lipinski definition) is 4. The van der Waals surface area contributed by atoms with E-state index < -0.39 is 36.8 Å². The van der Waals surface area contributed by atoms with Gasteiger partial charge in [-0.1, -0.05) is 0 Å². The van der Waals surface area contributed by atoms with Crippen LogP contribution in [-0.4, -0.2) is 44.6 Å². The summed E-state index contributed by atoms with van der Waals surface area (Å²) in [6, 6.07) is 0. The minimum atomic E-state index is -4.23. The summed E-state index contributed by atoms with van der Waals surface area (Å²) >= 11 is 0. The van der Waals surface area contributed by atoms with Crippen LogP contribution >= 0.6 is 0 Å². The highest BCUT2D eigenvalue weighted by atomic mass is 19.4. The fourth-order valence-electron chi connectivity index (χ4n) is 1.52. The summed E-state index contributed by atoms with van der Waals surface area (Å²) < 4.78 is 45.5. The normalized spacial score (nSPS) is 17.1. The van der Waals surface area contributed by atoms with Gasteiger partial charge in [0.1, 0.15) is 5.54 Å². The summed E-state index contributed by atoms with van der Waals surface area (Å²) in [7, 11) is 2.84. The van der Waals surface area contributed by atoms with Gasteiger partial charge in [-0.25, -0.2) is 0 Å². The van der Waals surface area contributed by atoms with Gasteiger partial charge in [-0.05, 0) is 20.9 Å². The van der Waals surface area contributed by atoms with Gasteiger partial charge in [-0.2, -0.15) is 13.2 Å². The molecular weight excluding hydrogens is 251 g/mol. The van der Waals surface area contributed by atoms with Crippen molar-refractivity contribution in [2.24, 2.45) is 0 Å². The fraction of sp³-hybridized carbons (Fsp3) is 0.909. The molecule has 0 saturated carbocycles. The Hall–Kier alpha value is -0.820. The number of halogens is 3. The van der Waals surface area contributed by atoms with Gasteiger partial charge in [0.2, 0.25) is 0 Å². The summed E-state index contributed by atoms with van der Waals surface area (Å²) in [5, 5.41) is 2.79. The van der Waals surface area contributed by atoms with Gasteiger partial charge in [0.15, 0.2) is 0 Å². The minimum Gasteiger partial charge on any atom is -0.468 e. The Morgan fingerprint density at radius 3 is 2.33 bits per heavy atom. The average molecular weight is 271 g/mol. The van der Waals surface area contributed by atoms with Crippen molar-refractivity contribution in [2.45, 2.75) is 44.5 Å². The maximum absolute atomic E-state index is 11.9. The van der Waals surface area contributed by atoms with Crippen LogP contribution in [0.25, 0.3) is 0 Å². The Morgan fingerprint density at radius 2 is 1.94 bits per heavy atom. The van der Waals surface area contributed by atoms with Crippen molar-refractivity contribution in [1.29, 1.82) is 0 Å². The second kappa shape index (κ2) is 6.94. The SMILES string of the molecule is CNC(C)(CC(C)OCCC(F)(F)F)C(=O)OC. The summed E-state index contributed by atoms with van der Waals surface area (Å²) in [6.45, 7) is 2.82. The molecule has 0 heterocycles. The highest BCUT2D eigenvalue weighted by Gasteiger charge is 2.35. The number of carbonyl (C=O) groups is 1. The van der Waals surface area contributed by atoms with Gasteiger partial charge >= 0.3 is 12.1 Å². The third kappa shape index (κ3) is 6.20. The predicted octanol–water partition coefficient (Wildman–Crippen LogP) is 1.89. The van der Waals surface area contributed by atoms with E-state index in [1.165, 1.54) is 7.11 Å². The van der Waals surface area contributed by atoms with E-state index >= 15 is 0 Å². The minimum absolute atomic E-state index is 0.230. The molecular formula is C11H20F3NO3. The first-order valence-electron chi connectivity index (χ1n) is 5.60. The fourth-order valence-corrected chi connectivity index (χ4v) is 1.52. The van der Waals surface area contributed by atoms with Crippen LogP contribution in [0.5, 0.6) is 0 Å². The van der Waals surface area contributed by atoms with Crippen LogP contribution in [0.4, 0.5) is 13.2 Å². The number of esters is 1. The summed E-state index contributed by atoms with van der Waals surface area (Å²) in [4.78, 5) is 11.5. The Labute approximate surface area is 105 Å². The highest BCUT2D eigenvalue weighted by molar-refractivity contribution is 5.80. The Balaban J connectivity index is 4.20. The monoisotopic (exact) mass is 271 g/mol. The van der Waals surface area contributed by atoms with Crippen LogP contribution in [0.2, 0.25) is 0 Å². The van der Waals surface area contributed by atoms with Crippen molar-refractivity contribution in [1.82, 2.24) is 5.32 Å². The van der Waals surface area contributed by atoms with E-state index in [1.807, 2.05) is 0 Å². The molecule has 0 radical (unpaired) electrons. The van der Waals surface area contributed by atoms with Crippen LogP contribution in [-0.2, 0) is 14.3 Å². The molecule has 0 rings (SSSR count). The van der Waals surface area contributed by atoms with E-state index in [-0.39, 0.29) is 6.42 Å². The van der Waals surface area contributed by atoms with E-state index in [9.17, 15) is 18.0 Å². The number of carbonyl (C=O) groups excluding carboxylic acids is 1. The molecule has 0 aliphatic rings. The van der Waals surface area contributed by atoms with Crippen molar-refractivity contribution in [3.05, 3.63) is 0 Å². The van der Waals surface area contributed by atoms with Gasteiger partial charge in [0.05, 0.1) is 26.2 Å². The smallest absolute Gasteiger partial charge is 0.391 e. The molecule has 0 fully saturated rings. The molecule has 0 amide bonds. The Kier molecular flexibility index (Phi) is 6.62. The molecule has 18 heavy (non-hydrogen) atoms. The van der Waals surface area contributed by atoms with Crippen molar-refractivity contribution in [3.63, 3.8) is 0 Å². The molecule has 0 bridgehead atoms. The number of likely N-dealkylation sites (N-methyl/N-ethyl adjacent to an activating group) is 1. The topological polar surface area (TPSA) is 47.6 Å². The van der Waals surface area contributed by atoms with E-state index in [1.54, 1.807) is 20.9 Å². The average Bonchev–Trinajstić information content (AvgIpc) is 2.25. The van der Waals surface area contributed by atoms with E-state index in [2.05, 4.69) is 10.1 Å². The summed E-state index contributed by atoms with van der Waals surface area (Å²) in [5.74, 6) is -0.476. The molecule has 0 aliphatic heterocycles. The molecule has 1 N–H and O–H groups in total. The number of hydrogen-bond donors (Lipinski definition) is 1. The standard InChI is InChI=1S/C11H20F3NO3/c1-8(18-6-5-11(12,13)14)7-10(2,15-3)9(16)17-4/h8,15H,5-7H2,1-4H3. The maximum Gasteiger partial charge on any atom is 0.391 e. The zero-order valence-corrected chi connectivity index (χ0v) is 11.1. The Bertz CT molecular complexity index is 271. The van der Waals surface area contributed by atoms with E-state index in [4.69, 9.17) is 4.74 Å². The largest absolute Gasteiger partial charge is 0.468 e. The second-order valence-corrected chi connectivity index (χ2v) is 4.32. The predicted molar refractivity (Wildman–Crippen MR) is 60.2 cm³/mol. The lowest BCUT2D eigenvalue weighted by Gasteiger charge is -2.29. The van der Waals surface area contributed by atoms with Crippen LogP contribution in [0.1, 0.15) is 26.7 Å². The van der Waals surface area contributed by atoms with Crippen molar-refractivity contribution in [3.8, 4) is 0 Å². The molecule has 0 aromatic rings. The number of methoxy groups -OCH3 is 1. The van der Waals surface area contributed by atoms with Crippen LogP contribution in [0.15, 0.2) is 0 Å². The first kappa shape index (κ1) is 17.2. The number of alkyl halides is 3. The molecule has 0 spiro atoms. The number of rotatable bonds is 7. The van der Waals surface area contributed by atoms with Gasteiger partial charge in [0, 0.05) is 6.42 Å². The molecule has 2 unspecified atom stereocenters. The molecule has 0 saturated heterocycles. The maximum atomic E-state index is 11.9. The molecule has 7 heteroatoms. The van der Waals surface area contributed by atoms with Gasteiger partial charge < -0.3 is 14.8 Å². The summed E-state index contributed by atoms with van der Waals surface area (Å²) in [6.07, 6.45) is -5.47. The highest BCUT2D eigenvalue weighted by Crippen LogP contribution is 2.21. The summed E-state index contributed by atoms with van der Waals surface area (Å²) in [5.41, 5.74) is -0.966. The Morgan fingerprint density at radius 1 is 1.39 bits per heavy atom. The molecule has 2 atom stereocenters. The molecule has 0 aliphatic carbocycles. The molecule has 0 aromatic carbocycles. The molecule has 108 valence electrons. The van der Waals surface area contributed by atoms with Crippen molar-refractivity contribution in [2.75, 3.05) is 20.8 Å². The van der Waals surface area contributed by atoms with E-state index in [0.29, 0.717) is 0 Å². The van der Waals surface area contributed by atoms with Gasteiger partial charge in [0.25, 0.3) is 0 Å². The second-order valence-electron chi connectivity index (χ2n) is 4.32. The third-order valence-corrected chi connectivity index (χ3v) is 2.67. The van der Waals surface area contributed by atoms with Gasteiger partial charge in [-0.3, -0.25) is 4.79 Å². The van der Waals surface area contributed by atoms with Crippen LogP contribution in [0.3, 0.4) is 0 Å². The quantitative estimate of drug-likeness (QED) is 0.718. The van der Waals surface area contributed by atoms with Crippen LogP contribution < -0.4 is 5.32 Å². The lowest BCUT2D eigenvalue weighted by atomic mass is 9.95. The van der Waals surface area contributed by atoms with Crippen LogP contribution in [0, 0.1) is 0 Å². The third-order valence-electron chi connectivity index (χ3n) is 2.67. The number of nitrogens with one attached hydrogen (secondary N) is 1. The molecule has 0 aromatic heterocycles. The lowest BCUT2D eigenvalue weighted by Crippen LogP contribution is -2.50.